The van der Waals surface area contributed by atoms with Gasteiger partial charge in [-0.3, -0.25) is 4.79 Å². The van der Waals surface area contributed by atoms with Gasteiger partial charge < -0.3 is 5.32 Å². The molecule has 0 aliphatic rings. The summed E-state index contributed by atoms with van der Waals surface area (Å²) < 4.78 is 0. The van der Waals surface area contributed by atoms with E-state index in [1.54, 1.807) is 0 Å². The number of nitrogens with one attached hydrogen (secondary N) is 1. The lowest BCUT2D eigenvalue weighted by Gasteiger charge is -2.06. The van der Waals surface area contributed by atoms with E-state index >= 15 is 0 Å². The van der Waals surface area contributed by atoms with Crippen LogP contribution in [0.3, 0.4) is 0 Å². The van der Waals surface area contributed by atoms with Crippen molar-refractivity contribution < 1.29 is 4.79 Å². The third kappa shape index (κ3) is 42.7. The maximum atomic E-state index is 12.0. The minimum Gasteiger partial charge on any atom is -0.356 e. The fourth-order valence-electron chi connectivity index (χ4n) is 4.99. The number of hydrogen-bond donors (Lipinski definition) is 1. The van der Waals surface area contributed by atoms with Gasteiger partial charge in [0.15, 0.2) is 0 Å². The first kappa shape index (κ1) is 46.0. The molecule has 0 bridgehead atoms. The van der Waals surface area contributed by atoms with Crippen LogP contribution >= 0.6 is 37.2 Å². The van der Waals surface area contributed by atoms with Gasteiger partial charge in [0, 0.05) is 13.0 Å². The number of hydrogen-bond acceptors (Lipinski definition) is 1. The second kappa shape index (κ2) is 42.5. The summed E-state index contributed by atoms with van der Waals surface area (Å²) in [5, 5.41) is 3.13. The number of allylic oxidation sites excluding steroid dienone is 2. The molecular weight excluding hydrogens is 545 g/mol. The lowest BCUT2D eigenvalue weighted by atomic mass is 10.0. The molecule has 1 N–H and O–H groups in total. The second-order valence-corrected chi connectivity index (χ2v) is 11.3. The number of halogens is 3. The van der Waals surface area contributed by atoms with Crippen molar-refractivity contribution in [2.24, 2.45) is 0 Å². The molecule has 0 radical (unpaired) electrons. The van der Waals surface area contributed by atoms with Crippen molar-refractivity contribution in [3.8, 4) is 0 Å². The lowest BCUT2D eigenvalue weighted by molar-refractivity contribution is -0.121. The fourth-order valence-corrected chi connectivity index (χ4v) is 4.99. The Labute approximate surface area is 264 Å². The van der Waals surface area contributed by atoms with Gasteiger partial charge in [-0.25, -0.2) is 0 Å². The Kier molecular flexibility index (Phi) is 50.2. The molecule has 0 saturated heterocycles. The Morgan fingerprint density at radius 1 is 0.436 bits per heavy atom. The highest BCUT2D eigenvalue weighted by atomic mass is 35.5. The molecule has 0 spiro atoms. The first-order valence-electron chi connectivity index (χ1n) is 16.7. The highest BCUT2D eigenvalue weighted by Gasteiger charge is 2.01. The lowest BCUT2D eigenvalue weighted by Crippen LogP contribution is -2.23. The summed E-state index contributed by atoms with van der Waals surface area (Å²) in [5.74, 6) is 0.269. The van der Waals surface area contributed by atoms with Gasteiger partial charge >= 0.3 is 0 Å². The van der Waals surface area contributed by atoms with Crippen molar-refractivity contribution in [3.05, 3.63) is 12.2 Å². The average Bonchev–Trinajstić information content (AvgIpc) is 2.88. The van der Waals surface area contributed by atoms with E-state index < -0.39 is 0 Å². The van der Waals surface area contributed by atoms with Crippen LogP contribution in [-0.2, 0) is 4.79 Å². The van der Waals surface area contributed by atoms with Gasteiger partial charge in [0.05, 0.1) is 0 Å². The highest BCUT2D eigenvalue weighted by molar-refractivity contribution is 5.86. The van der Waals surface area contributed by atoms with Crippen molar-refractivity contribution >= 4 is 43.1 Å². The summed E-state index contributed by atoms with van der Waals surface area (Å²) in [6.07, 6.45) is 41.8. The Morgan fingerprint density at radius 3 is 1.13 bits per heavy atom. The predicted octanol–water partition coefficient (Wildman–Crippen LogP) is 12.9. The molecule has 0 aromatic carbocycles. The Balaban J connectivity index is -0.00000204. The number of unbranched alkanes of at least 4 members (excludes halogenated alkanes) is 24. The summed E-state index contributed by atoms with van der Waals surface area (Å²) in [4.78, 5) is 12.0. The molecular formula is C34H70Cl3NO. The molecule has 0 fully saturated rings. The van der Waals surface area contributed by atoms with E-state index in [-0.39, 0.29) is 43.1 Å². The molecule has 238 valence electrons. The van der Waals surface area contributed by atoms with Crippen molar-refractivity contribution in [1.29, 1.82) is 0 Å². The van der Waals surface area contributed by atoms with E-state index in [2.05, 4.69) is 31.3 Å². The Morgan fingerprint density at radius 2 is 0.744 bits per heavy atom. The van der Waals surface area contributed by atoms with E-state index in [1.807, 2.05) is 0 Å². The minimum atomic E-state index is 0. The van der Waals surface area contributed by atoms with Gasteiger partial charge in [0.25, 0.3) is 0 Å². The van der Waals surface area contributed by atoms with Crippen LogP contribution in [0.4, 0.5) is 0 Å². The van der Waals surface area contributed by atoms with Crippen molar-refractivity contribution in [2.75, 3.05) is 6.54 Å². The van der Waals surface area contributed by atoms with Crippen LogP contribution in [0.2, 0.25) is 0 Å². The van der Waals surface area contributed by atoms with Crippen molar-refractivity contribution in [1.82, 2.24) is 5.32 Å². The van der Waals surface area contributed by atoms with E-state index in [0.717, 1.165) is 25.8 Å². The summed E-state index contributed by atoms with van der Waals surface area (Å²) >= 11 is 0. The summed E-state index contributed by atoms with van der Waals surface area (Å²) in [6.45, 7) is 5.44. The quantitative estimate of drug-likeness (QED) is 0.0632. The van der Waals surface area contributed by atoms with Crippen LogP contribution in [0.5, 0.6) is 0 Å². The molecule has 0 aliphatic heterocycles. The maximum absolute atomic E-state index is 12.0. The third-order valence-electron chi connectivity index (χ3n) is 7.52. The average molecular weight is 615 g/mol. The zero-order valence-electron chi connectivity index (χ0n) is 26.3. The number of amides is 1. The summed E-state index contributed by atoms with van der Waals surface area (Å²) in [6, 6.07) is 0. The Hall–Kier alpha value is 0.0800. The van der Waals surface area contributed by atoms with Gasteiger partial charge in [-0.1, -0.05) is 161 Å². The molecule has 0 heterocycles. The molecule has 0 unspecified atom stereocenters. The molecule has 0 aromatic rings. The van der Waals surface area contributed by atoms with E-state index in [1.165, 1.54) is 161 Å². The SMILES string of the molecule is CCCCCCCC/C=C\CCCCCCCCNC(=O)CCCCCCCCCCCCCCC.Cl.Cl.Cl. The smallest absolute Gasteiger partial charge is 0.219 e. The minimum absolute atomic E-state index is 0. The van der Waals surface area contributed by atoms with E-state index in [0.29, 0.717) is 0 Å². The molecule has 0 atom stereocenters. The molecule has 1 amide bonds. The predicted molar refractivity (Wildman–Crippen MR) is 185 cm³/mol. The monoisotopic (exact) mass is 613 g/mol. The van der Waals surface area contributed by atoms with Crippen LogP contribution in [0.1, 0.15) is 194 Å². The zero-order valence-corrected chi connectivity index (χ0v) is 28.7. The van der Waals surface area contributed by atoms with Crippen LogP contribution in [0, 0.1) is 0 Å². The normalized spacial score (nSPS) is 10.6. The highest BCUT2D eigenvalue weighted by Crippen LogP contribution is 2.13. The standard InChI is InChI=1S/C34H67NO.3ClH/c1-3-5-7-9-11-13-15-17-18-19-21-23-25-27-29-31-33-35-34(36)32-30-28-26-24-22-20-16-14-12-10-8-6-4-2;;;/h17-18H,3-16,19-33H2,1-2H3,(H,35,36);3*1H/b18-17-;;;. The van der Waals surface area contributed by atoms with Crippen molar-refractivity contribution in [2.45, 2.75) is 194 Å². The molecule has 0 saturated carbocycles. The van der Waals surface area contributed by atoms with E-state index in [4.69, 9.17) is 0 Å². The first-order chi connectivity index (χ1) is 17.8. The summed E-state index contributed by atoms with van der Waals surface area (Å²) in [5.41, 5.74) is 0. The van der Waals surface area contributed by atoms with Crippen LogP contribution in [0.15, 0.2) is 12.2 Å². The molecule has 2 nitrogen and oxygen atoms in total. The van der Waals surface area contributed by atoms with Crippen molar-refractivity contribution in [3.63, 3.8) is 0 Å². The largest absolute Gasteiger partial charge is 0.356 e. The summed E-state index contributed by atoms with van der Waals surface area (Å²) in [7, 11) is 0. The van der Waals surface area contributed by atoms with Gasteiger partial charge in [0.1, 0.15) is 0 Å². The molecule has 0 rings (SSSR count). The second-order valence-electron chi connectivity index (χ2n) is 11.3. The molecule has 5 heteroatoms. The molecule has 0 aromatic heterocycles. The van der Waals surface area contributed by atoms with Gasteiger partial charge in [-0.15, -0.1) is 37.2 Å². The molecule has 0 aliphatic carbocycles. The number of carbonyl (C=O) groups excluding carboxylic acids is 1. The van der Waals surface area contributed by atoms with Crippen LogP contribution < -0.4 is 5.32 Å². The Bertz CT molecular complexity index is 460. The zero-order chi connectivity index (χ0) is 26.2. The topological polar surface area (TPSA) is 29.1 Å². The molecule has 39 heavy (non-hydrogen) atoms. The number of carbonyl (C=O) groups is 1. The van der Waals surface area contributed by atoms with E-state index in [9.17, 15) is 4.79 Å². The number of rotatable bonds is 30. The van der Waals surface area contributed by atoms with Gasteiger partial charge in [-0.2, -0.15) is 0 Å². The third-order valence-corrected chi connectivity index (χ3v) is 7.52. The van der Waals surface area contributed by atoms with Crippen LogP contribution in [0.25, 0.3) is 0 Å². The first-order valence-corrected chi connectivity index (χ1v) is 16.7. The van der Waals surface area contributed by atoms with Crippen LogP contribution in [-0.4, -0.2) is 12.5 Å². The fraction of sp³-hybridized carbons (Fsp3) is 0.912. The maximum Gasteiger partial charge on any atom is 0.219 e. The van der Waals surface area contributed by atoms with Gasteiger partial charge in [-0.05, 0) is 38.5 Å². The van der Waals surface area contributed by atoms with Gasteiger partial charge in [0.2, 0.25) is 5.91 Å².